The summed E-state index contributed by atoms with van der Waals surface area (Å²) in [5.41, 5.74) is 0.419. The predicted octanol–water partition coefficient (Wildman–Crippen LogP) is 3.05. The number of benzene rings is 1. The maximum absolute atomic E-state index is 14.1. The second-order valence-electron chi connectivity index (χ2n) is 4.39. The molecule has 0 unspecified atom stereocenters. The third kappa shape index (κ3) is 4.33. The van der Waals surface area contributed by atoms with Gasteiger partial charge in [0, 0.05) is 30.4 Å². The molecule has 0 atom stereocenters. The van der Waals surface area contributed by atoms with Gasteiger partial charge in [0.05, 0.1) is 0 Å². The monoisotopic (exact) mass is 332 g/mol. The molecule has 6 nitrogen and oxygen atoms in total. The Morgan fingerprint density at radius 3 is 1.70 bits per heavy atom. The highest BCUT2D eigenvalue weighted by atomic mass is 35.5. The summed E-state index contributed by atoms with van der Waals surface area (Å²) in [6.45, 7) is 0. The zero-order chi connectivity index (χ0) is 15.2. The molecule has 0 aliphatic carbocycles. The Balaban J connectivity index is 0.00000192. The van der Waals surface area contributed by atoms with Gasteiger partial charge in [0.1, 0.15) is 12.0 Å². The van der Waals surface area contributed by atoms with E-state index in [1.165, 1.54) is 6.07 Å². The summed E-state index contributed by atoms with van der Waals surface area (Å²) in [7, 11) is 0. The lowest BCUT2D eigenvalue weighted by molar-refractivity contribution is 0.601. The first kappa shape index (κ1) is 16.6. The average Bonchev–Trinajstić information content (AvgIpc) is 2.57. The Labute approximate surface area is 138 Å². The molecule has 0 radical (unpaired) electrons. The quantitative estimate of drug-likeness (QED) is 0.699. The molecule has 23 heavy (non-hydrogen) atoms. The van der Waals surface area contributed by atoms with Crippen LogP contribution in [0.3, 0.4) is 0 Å². The number of nitrogens with zero attached hydrogens (tertiary/aromatic N) is 4. The maximum atomic E-state index is 14.1. The van der Waals surface area contributed by atoms with Gasteiger partial charge in [-0.3, -0.25) is 0 Å². The lowest BCUT2D eigenvalue weighted by Gasteiger charge is -2.20. The summed E-state index contributed by atoms with van der Waals surface area (Å²) < 4.78 is 14.1. The fourth-order valence-electron chi connectivity index (χ4n) is 1.91. The average molecular weight is 333 g/mol. The van der Waals surface area contributed by atoms with Crippen LogP contribution in [0.1, 0.15) is 11.7 Å². The van der Waals surface area contributed by atoms with Gasteiger partial charge in [-0.1, -0.05) is 18.2 Å². The van der Waals surface area contributed by atoms with Crippen molar-refractivity contribution >= 4 is 24.3 Å². The molecule has 2 N–H and O–H groups in total. The number of rotatable bonds is 5. The Morgan fingerprint density at radius 2 is 1.22 bits per heavy atom. The van der Waals surface area contributed by atoms with Crippen LogP contribution in [0.25, 0.3) is 0 Å². The van der Waals surface area contributed by atoms with E-state index in [4.69, 9.17) is 0 Å². The van der Waals surface area contributed by atoms with Gasteiger partial charge in [0.15, 0.2) is 0 Å². The summed E-state index contributed by atoms with van der Waals surface area (Å²) >= 11 is 0. The van der Waals surface area contributed by atoms with Crippen molar-refractivity contribution < 1.29 is 4.39 Å². The van der Waals surface area contributed by atoms with Crippen molar-refractivity contribution in [2.75, 3.05) is 10.6 Å². The van der Waals surface area contributed by atoms with Gasteiger partial charge in [-0.15, -0.1) is 12.4 Å². The zero-order valence-corrected chi connectivity index (χ0v) is 12.7. The molecule has 0 aliphatic heterocycles. The second-order valence-corrected chi connectivity index (χ2v) is 4.39. The summed E-state index contributed by atoms with van der Waals surface area (Å²) in [5.74, 6) is 0.401. The third-order valence-electron chi connectivity index (χ3n) is 2.89. The Morgan fingerprint density at radius 1 is 0.739 bits per heavy atom. The Hall–Kier alpha value is -2.80. The topological polar surface area (TPSA) is 75.6 Å². The van der Waals surface area contributed by atoms with Gasteiger partial charge in [-0.05, 0) is 18.2 Å². The van der Waals surface area contributed by atoms with Gasteiger partial charge in [0.25, 0.3) is 0 Å². The molecule has 2 heterocycles. The fraction of sp³-hybridized carbons (Fsp3) is 0.0667. The van der Waals surface area contributed by atoms with Gasteiger partial charge in [-0.2, -0.15) is 0 Å². The number of hydrogen-bond acceptors (Lipinski definition) is 6. The van der Waals surface area contributed by atoms with Crippen molar-refractivity contribution in [3.63, 3.8) is 0 Å². The smallest absolute Gasteiger partial charge is 0.224 e. The van der Waals surface area contributed by atoms with Crippen LogP contribution in [0.4, 0.5) is 16.3 Å². The van der Waals surface area contributed by atoms with E-state index in [2.05, 4.69) is 30.6 Å². The molecule has 0 saturated carbocycles. The van der Waals surface area contributed by atoms with Crippen LogP contribution in [0.5, 0.6) is 0 Å². The molecule has 0 spiro atoms. The van der Waals surface area contributed by atoms with Crippen molar-refractivity contribution in [2.24, 2.45) is 0 Å². The van der Waals surface area contributed by atoms with E-state index in [1.54, 1.807) is 55.1 Å². The minimum Gasteiger partial charge on any atom is -0.330 e. The van der Waals surface area contributed by atoms with Crippen LogP contribution in [0.15, 0.2) is 61.2 Å². The molecule has 0 fully saturated rings. The van der Waals surface area contributed by atoms with E-state index < -0.39 is 6.17 Å². The maximum Gasteiger partial charge on any atom is 0.224 e. The summed E-state index contributed by atoms with van der Waals surface area (Å²) in [4.78, 5) is 16.4. The first-order chi connectivity index (χ1) is 10.8. The van der Waals surface area contributed by atoms with Gasteiger partial charge >= 0.3 is 0 Å². The number of nitrogens with one attached hydrogen (secondary N) is 2. The van der Waals surface area contributed by atoms with Crippen LogP contribution < -0.4 is 10.6 Å². The molecule has 118 valence electrons. The first-order valence-electron chi connectivity index (χ1n) is 6.64. The lowest BCUT2D eigenvalue weighted by Crippen LogP contribution is -2.23. The van der Waals surface area contributed by atoms with Crippen molar-refractivity contribution in [1.29, 1.82) is 0 Å². The normalized spacial score (nSPS) is 10.0. The van der Waals surface area contributed by atoms with Crippen LogP contribution in [-0.4, -0.2) is 19.9 Å². The molecule has 0 bridgehead atoms. The number of hydrogen-bond donors (Lipinski definition) is 2. The molecular weight excluding hydrogens is 319 g/mol. The lowest BCUT2D eigenvalue weighted by atomic mass is 10.1. The molecule has 0 amide bonds. The third-order valence-corrected chi connectivity index (χ3v) is 2.89. The fourth-order valence-corrected chi connectivity index (χ4v) is 1.91. The molecule has 0 aliphatic rings. The van der Waals surface area contributed by atoms with E-state index in [9.17, 15) is 4.39 Å². The Kier molecular flexibility index (Phi) is 5.76. The molecule has 2 aromatic heterocycles. The van der Waals surface area contributed by atoms with Crippen LogP contribution in [0, 0.1) is 5.82 Å². The van der Waals surface area contributed by atoms with Crippen LogP contribution in [0.2, 0.25) is 0 Å². The highest BCUT2D eigenvalue weighted by molar-refractivity contribution is 5.85. The van der Waals surface area contributed by atoms with Gasteiger partial charge in [0.2, 0.25) is 11.9 Å². The van der Waals surface area contributed by atoms with Crippen LogP contribution in [-0.2, 0) is 0 Å². The first-order valence-corrected chi connectivity index (χ1v) is 6.64. The summed E-state index contributed by atoms with van der Waals surface area (Å²) in [6.07, 6.45) is 5.81. The standard InChI is InChI=1S/C15H13FN6.ClH/c16-12-6-2-1-5-11(12)13(21-14-17-7-3-8-18-14)22-15-19-9-4-10-20-15;/h1-10,13H,(H,17,18,21)(H,19,20,22);1H. The Bertz CT molecular complexity index is 687. The predicted molar refractivity (Wildman–Crippen MR) is 87.7 cm³/mol. The molecule has 1 aromatic carbocycles. The van der Waals surface area contributed by atoms with Crippen molar-refractivity contribution in [1.82, 2.24) is 19.9 Å². The number of halogens is 2. The van der Waals surface area contributed by atoms with E-state index in [0.717, 1.165) is 0 Å². The van der Waals surface area contributed by atoms with Gasteiger partial charge < -0.3 is 10.6 Å². The zero-order valence-electron chi connectivity index (χ0n) is 11.9. The summed E-state index contributed by atoms with van der Waals surface area (Å²) in [6, 6.07) is 9.86. The second kappa shape index (κ2) is 8.00. The number of anilines is 2. The van der Waals surface area contributed by atoms with Gasteiger partial charge in [-0.25, -0.2) is 24.3 Å². The molecule has 8 heteroatoms. The molecular formula is C15H14ClFN6. The van der Waals surface area contributed by atoms with Crippen molar-refractivity contribution in [3.8, 4) is 0 Å². The van der Waals surface area contributed by atoms with E-state index in [1.807, 2.05) is 0 Å². The minimum absolute atomic E-state index is 0. The molecule has 3 aromatic rings. The highest BCUT2D eigenvalue weighted by Crippen LogP contribution is 2.21. The van der Waals surface area contributed by atoms with Crippen molar-refractivity contribution in [2.45, 2.75) is 6.17 Å². The van der Waals surface area contributed by atoms with Crippen molar-refractivity contribution in [3.05, 3.63) is 72.6 Å². The SMILES string of the molecule is Cl.Fc1ccccc1C(Nc1ncccn1)Nc1ncccn1. The molecule has 0 saturated heterocycles. The minimum atomic E-state index is -0.606. The van der Waals surface area contributed by atoms with Crippen LogP contribution >= 0.6 is 12.4 Å². The van der Waals surface area contributed by atoms with E-state index in [-0.39, 0.29) is 18.2 Å². The highest BCUT2D eigenvalue weighted by Gasteiger charge is 2.17. The largest absolute Gasteiger partial charge is 0.330 e. The summed E-state index contributed by atoms with van der Waals surface area (Å²) in [5, 5.41) is 6.06. The van der Waals surface area contributed by atoms with E-state index >= 15 is 0 Å². The number of aromatic nitrogens is 4. The van der Waals surface area contributed by atoms with E-state index in [0.29, 0.717) is 17.5 Å². The molecule has 3 rings (SSSR count).